The van der Waals surface area contributed by atoms with Crippen LogP contribution >= 0.6 is 23.2 Å². The summed E-state index contributed by atoms with van der Waals surface area (Å²) in [5.74, 6) is -2.08. The van der Waals surface area contributed by atoms with Crippen LogP contribution in [0.15, 0.2) is 66.2 Å². The molecule has 1 aliphatic rings. The average Bonchev–Trinajstić information content (AvgIpc) is 3.09. The van der Waals surface area contributed by atoms with Crippen LogP contribution in [0, 0.1) is 5.82 Å². The molecule has 1 fully saturated rings. The lowest BCUT2D eigenvalue weighted by Crippen LogP contribution is -2.29. The number of anilines is 1. The quantitative estimate of drug-likeness (QED) is 0.272. The van der Waals surface area contributed by atoms with Crippen LogP contribution in [0.4, 0.5) is 10.1 Å². The van der Waals surface area contributed by atoms with Gasteiger partial charge in [0.1, 0.15) is 17.3 Å². The number of halogens is 3. The number of nitrogens with zero attached hydrogens (tertiary/aromatic N) is 1. The second-order valence-corrected chi connectivity index (χ2v) is 8.21. The van der Waals surface area contributed by atoms with Crippen molar-refractivity contribution in [3.8, 4) is 11.5 Å². The molecule has 1 saturated heterocycles. The van der Waals surface area contributed by atoms with Crippen molar-refractivity contribution in [2.75, 3.05) is 19.1 Å². The number of benzene rings is 3. The first-order valence-corrected chi connectivity index (χ1v) is 10.8. The Kier molecular flexibility index (Phi) is 6.50. The van der Waals surface area contributed by atoms with Gasteiger partial charge in [-0.15, -0.1) is 0 Å². The Labute approximate surface area is 204 Å². The second kappa shape index (κ2) is 9.37. The summed E-state index contributed by atoms with van der Waals surface area (Å²) in [5.41, 5.74) is 0.719. The maximum absolute atomic E-state index is 13.6. The van der Waals surface area contributed by atoms with Crippen LogP contribution in [0.2, 0.25) is 10.0 Å². The number of carbonyl (C=O) groups excluding carboxylic acids is 2. The molecule has 34 heavy (non-hydrogen) atoms. The number of aliphatic hydroxyl groups excluding tert-OH is 1. The minimum Gasteiger partial charge on any atom is -0.507 e. The summed E-state index contributed by atoms with van der Waals surface area (Å²) < 4.78 is 24.0. The van der Waals surface area contributed by atoms with Crippen molar-refractivity contribution >= 4 is 46.3 Å². The number of rotatable bonds is 5. The lowest BCUT2D eigenvalue weighted by Gasteiger charge is -2.25. The molecule has 0 aliphatic carbocycles. The summed E-state index contributed by atoms with van der Waals surface area (Å²) >= 11 is 12.5. The molecule has 0 bridgehead atoms. The van der Waals surface area contributed by atoms with E-state index in [1.807, 2.05) is 0 Å². The Bertz CT molecular complexity index is 1300. The summed E-state index contributed by atoms with van der Waals surface area (Å²) in [7, 11) is 2.88. The first-order chi connectivity index (χ1) is 16.3. The number of Topliss-reactive ketones (excluding diaryl/α,β-unsaturated/α-hetero) is 1. The van der Waals surface area contributed by atoms with Gasteiger partial charge in [0.05, 0.1) is 35.9 Å². The van der Waals surface area contributed by atoms with Crippen LogP contribution in [0.3, 0.4) is 0 Å². The van der Waals surface area contributed by atoms with E-state index in [0.29, 0.717) is 11.3 Å². The van der Waals surface area contributed by atoms with E-state index in [1.165, 1.54) is 55.5 Å². The van der Waals surface area contributed by atoms with Crippen molar-refractivity contribution in [2.24, 2.45) is 0 Å². The smallest absolute Gasteiger partial charge is 0.300 e. The molecule has 0 spiro atoms. The highest BCUT2D eigenvalue weighted by molar-refractivity contribution is 6.51. The number of ether oxygens (including phenoxy) is 2. The topological polar surface area (TPSA) is 76.1 Å². The zero-order valence-electron chi connectivity index (χ0n) is 18.0. The van der Waals surface area contributed by atoms with E-state index in [9.17, 15) is 19.1 Å². The highest BCUT2D eigenvalue weighted by Crippen LogP contribution is 2.44. The lowest BCUT2D eigenvalue weighted by molar-refractivity contribution is -0.132. The summed E-state index contributed by atoms with van der Waals surface area (Å²) in [6, 6.07) is 13.6. The fraction of sp³-hybridized carbons (Fsp3) is 0.120. The zero-order valence-corrected chi connectivity index (χ0v) is 19.5. The minimum atomic E-state index is -1.03. The lowest BCUT2D eigenvalue weighted by atomic mass is 9.95. The largest absolute Gasteiger partial charge is 0.507 e. The summed E-state index contributed by atoms with van der Waals surface area (Å²) in [6.45, 7) is 0. The Hall–Kier alpha value is -3.55. The van der Waals surface area contributed by atoms with E-state index in [2.05, 4.69) is 0 Å². The van der Waals surface area contributed by atoms with Gasteiger partial charge in [-0.05, 0) is 54.1 Å². The number of aliphatic hydroxyl groups is 1. The molecule has 1 atom stereocenters. The van der Waals surface area contributed by atoms with Crippen LogP contribution in [0.25, 0.3) is 5.76 Å². The molecule has 1 amide bonds. The standard InChI is InChI=1S/C25H18Cl2FNO5/c1-33-17-5-3-4-13(10-17)21-20(22(30)14-11-18(26)24(34-2)19(27)12-14)23(31)25(32)29(21)16-8-6-15(28)7-9-16/h3-12,21,30H,1-2H3/b22-20+. The number of hydrogen-bond donors (Lipinski definition) is 1. The van der Waals surface area contributed by atoms with Gasteiger partial charge in [0.2, 0.25) is 0 Å². The molecule has 6 nitrogen and oxygen atoms in total. The molecule has 1 unspecified atom stereocenters. The van der Waals surface area contributed by atoms with E-state index in [4.69, 9.17) is 32.7 Å². The predicted octanol–water partition coefficient (Wildman–Crippen LogP) is 5.78. The molecule has 9 heteroatoms. The van der Waals surface area contributed by atoms with Gasteiger partial charge in [-0.2, -0.15) is 0 Å². The molecular weight excluding hydrogens is 484 g/mol. The molecule has 3 aromatic carbocycles. The zero-order chi connectivity index (χ0) is 24.6. The fourth-order valence-corrected chi connectivity index (χ4v) is 4.52. The highest BCUT2D eigenvalue weighted by atomic mass is 35.5. The molecule has 4 rings (SSSR count). The van der Waals surface area contributed by atoms with Crippen molar-refractivity contribution in [1.29, 1.82) is 0 Å². The summed E-state index contributed by atoms with van der Waals surface area (Å²) in [4.78, 5) is 27.5. The van der Waals surface area contributed by atoms with E-state index >= 15 is 0 Å². The molecule has 0 radical (unpaired) electrons. The predicted molar refractivity (Wildman–Crippen MR) is 127 cm³/mol. The van der Waals surface area contributed by atoms with Crippen molar-refractivity contribution in [1.82, 2.24) is 0 Å². The fourth-order valence-electron chi connectivity index (χ4n) is 3.87. The minimum absolute atomic E-state index is 0.113. The van der Waals surface area contributed by atoms with Crippen molar-refractivity contribution in [2.45, 2.75) is 6.04 Å². The molecule has 0 aromatic heterocycles. The molecule has 3 aromatic rings. The van der Waals surface area contributed by atoms with Gasteiger partial charge in [0.25, 0.3) is 11.7 Å². The van der Waals surface area contributed by atoms with E-state index in [0.717, 1.165) is 0 Å². The van der Waals surface area contributed by atoms with E-state index in [1.54, 1.807) is 24.3 Å². The third kappa shape index (κ3) is 4.08. The molecule has 1 N–H and O–H groups in total. The van der Waals surface area contributed by atoms with Gasteiger partial charge in [-0.25, -0.2) is 4.39 Å². The molecule has 174 valence electrons. The SMILES string of the molecule is COc1cccc(C2/C(=C(\O)c3cc(Cl)c(OC)c(Cl)c3)C(=O)C(=O)N2c2ccc(F)cc2)c1. The summed E-state index contributed by atoms with van der Waals surface area (Å²) in [5, 5.41) is 11.4. The van der Waals surface area contributed by atoms with Crippen LogP contribution in [-0.2, 0) is 9.59 Å². The molecule has 1 heterocycles. The first-order valence-electron chi connectivity index (χ1n) is 10.0. The maximum atomic E-state index is 13.6. The van der Waals surface area contributed by atoms with E-state index in [-0.39, 0.29) is 32.6 Å². The van der Waals surface area contributed by atoms with Gasteiger partial charge < -0.3 is 14.6 Å². The van der Waals surface area contributed by atoms with Crippen LogP contribution in [0.5, 0.6) is 11.5 Å². The van der Waals surface area contributed by atoms with Crippen LogP contribution < -0.4 is 14.4 Å². The Morgan fingerprint density at radius 2 is 1.62 bits per heavy atom. The number of carbonyl (C=O) groups is 2. The van der Waals surface area contributed by atoms with Crippen molar-refractivity contribution in [3.63, 3.8) is 0 Å². The summed E-state index contributed by atoms with van der Waals surface area (Å²) in [6.07, 6.45) is 0. The number of methoxy groups -OCH3 is 2. The van der Waals surface area contributed by atoms with Crippen LogP contribution in [-0.4, -0.2) is 31.0 Å². The average molecular weight is 502 g/mol. The first kappa shape index (κ1) is 23.6. The number of hydrogen-bond acceptors (Lipinski definition) is 5. The molecular formula is C25H18Cl2FNO5. The Morgan fingerprint density at radius 1 is 0.971 bits per heavy atom. The van der Waals surface area contributed by atoms with Crippen LogP contribution in [0.1, 0.15) is 17.2 Å². The van der Waals surface area contributed by atoms with Gasteiger partial charge in [0.15, 0.2) is 5.75 Å². The van der Waals surface area contributed by atoms with Gasteiger partial charge >= 0.3 is 0 Å². The molecule has 1 aliphatic heterocycles. The van der Waals surface area contributed by atoms with E-state index < -0.39 is 29.3 Å². The number of ketones is 1. The molecule has 0 saturated carbocycles. The van der Waals surface area contributed by atoms with Gasteiger partial charge in [0, 0.05) is 11.3 Å². The maximum Gasteiger partial charge on any atom is 0.300 e. The van der Waals surface area contributed by atoms with Crippen molar-refractivity contribution in [3.05, 3.63) is 93.2 Å². The third-order valence-corrected chi connectivity index (χ3v) is 6.00. The van der Waals surface area contributed by atoms with Gasteiger partial charge in [-0.1, -0.05) is 35.3 Å². The third-order valence-electron chi connectivity index (χ3n) is 5.43. The highest BCUT2D eigenvalue weighted by Gasteiger charge is 2.47. The Morgan fingerprint density at radius 3 is 2.21 bits per heavy atom. The Balaban J connectivity index is 1.97. The normalized spacial score (nSPS) is 17.2. The number of amides is 1. The monoisotopic (exact) mass is 501 g/mol. The van der Waals surface area contributed by atoms with Gasteiger partial charge in [-0.3, -0.25) is 14.5 Å². The van der Waals surface area contributed by atoms with Crippen molar-refractivity contribution < 1.29 is 28.6 Å². The second-order valence-electron chi connectivity index (χ2n) is 7.40.